The largest absolute Gasteiger partial charge is 0.463 e. The molecule has 27 heavy (non-hydrogen) atoms. The second-order valence-electron chi connectivity index (χ2n) is 5.74. The first-order valence-corrected chi connectivity index (χ1v) is 9.15. The van der Waals surface area contributed by atoms with Crippen molar-refractivity contribution < 1.29 is 18.7 Å². The molecule has 0 spiro atoms. The van der Waals surface area contributed by atoms with Crippen LogP contribution in [0.4, 0.5) is 4.79 Å². The highest BCUT2D eigenvalue weighted by Gasteiger charge is 2.34. The first-order valence-electron chi connectivity index (χ1n) is 8.01. The Balaban J connectivity index is 2.01. The summed E-state index contributed by atoms with van der Waals surface area (Å²) < 4.78 is 11.0. The van der Waals surface area contributed by atoms with Crippen LogP contribution in [-0.2, 0) is 9.53 Å². The monoisotopic (exact) mass is 428 g/mol. The molecular formula is C18H15Cl3N2O4. The molecule has 3 rings (SSSR count). The van der Waals surface area contributed by atoms with Gasteiger partial charge in [0.15, 0.2) is 0 Å². The molecule has 2 amide bonds. The SMILES string of the molecule is CCOC(=O)C1=C(C)NC(=O)N[C@H]1c1ccc(-c2cc(Cl)c(Cl)cc2Cl)o1. The Morgan fingerprint density at radius 1 is 1.19 bits per heavy atom. The van der Waals surface area contributed by atoms with Crippen LogP contribution in [0, 0.1) is 0 Å². The van der Waals surface area contributed by atoms with Gasteiger partial charge in [0.05, 0.1) is 27.2 Å². The Kier molecular flexibility index (Phi) is 5.69. The van der Waals surface area contributed by atoms with Crippen molar-refractivity contribution >= 4 is 46.8 Å². The van der Waals surface area contributed by atoms with Gasteiger partial charge in [-0.05, 0) is 38.1 Å². The zero-order chi connectivity index (χ0) is 19.7. The molecule has 1 atom stereocenters. The highest BCUT2D eigenvalue weighted by atomic mass is 35.5. The Bertz CT molecular complexity index is 952. The van der Waals surface area contributed by atoms with Crippen molar-refractivity contribution in [2.24, 2.45) is 0 Å². The normalized spacial score (nSPS) is 16.8. The predicted molar refractivity (Wildman–Crippen MR) is 103 cm³/mol. The van der Waals surface area contributed by atoms with E-state index in [4.69, 9.17) is 44.0 Å². The maximum atomic E-state index is 12.3. The number of allylic oxidation sites excluding steroid dienone is 1. The lowest BCUT2D eigenvalue weighted by molar-refractivity contribution is -0.139. The fourth-order valence-corrected chi connectivity index (χ4v) is 3.39. The summed E-state index contributed by atoms with van der Waals surface area (Å²) in [5, 5.41) is 6.24. The first-order chi connectivity index (χ1) is 12.8. The minimum atomic E-state index is -0.798. The van der Waals surface area contributed by atoms with E-state index in [-0.39, 0.29) is 12.2 Å². The molecule has 2 N–H and O–H groups in total. The van der Waals surface area contributed by atoms with Gasteiger partial charge in [0.25, 0.3) is 0 Å². The number of ether oxygens (including phenoxy) is 1. The van der Waals surface area contributed by atoms with Gasteiger partial charge in [-0.25, -0.2) is 9.59 Å². The maximum Gasteiger partial charge on any atom is 0.338 e. The average molecular weight is 430 g/mol. The standard InChI is InChI=1S/C18H15Cl3N2O4/c1-3-26-17(24)15-8(2)22-18(25)23-16(15)14-5-4-13(27-14)9-6-11(20)12(21)7-10(9)19/h4-7,16H,3H2,1-2H3,(H2,22,23,25)/t16-/m0/s1. The third-order valence-corrected chi connectivity index (χ3v) is 4.99. The molecule has 0 fully saturated rings. The number of urea groups is 1. The number of hydrogen-bond acceptors (Lipinski definition) is 4. The Morgan fingerprint density at radius 2 is 1.89 bits per heavy atom. The first kappa shape index (κ1) is 19.6. The zero-order valence-corrected chi connectivity index (χ0v) is 16.6. The summed E-state index contributed by atoms with van der Waals surface area (Å²) in [6.07, 6.45) is 0. The number of furan rings is 1. The van der Waals surface area contributed by atoms with Crippen molar-refractivity contribution in [1.82, 2.24) is 10.6 Å². The molecule has 0 radical (unpaired) electrons. The van der Waals surface area contributed by atoms with Crippen LogP contribution < -0.4 is 10.6 Å². The van der Waals surface area contributed by atoms with E-state index in [9.17, 15) is 9.59 Å². The summed E-state index contributed by atoms with van der Waals surface area (Å²) in [4.78, 5) is 24.2. The van der Waals surface area contributed by atoms with Crippen LogP contribution in [0.1, 0.15) is 25.6 Å². The van der Waals surface area contributed by atoms with E-state index in [0.29, 0.717) is 37.8 Å². The molecule has 0 saturated heterocycles. The number of rotatable bonds is 4. The minimum Gasteiger partial charge on any atom is -0.463 e. The van der Waals surface area contributed by atoms with Crippen molar-refractivity contribution in [3.8, 4) is 11.3 Å². The van der Waals surface area contributed by atoms with Gasteiger partial charge in [-0.1, -0.05) is 34.8 Å². The van der Waals surface area contributed by atoms with Crippen LogP contribution in [0.5, 0.6) is 0 Å². The van der Waals surface area contributed by atoms with Crippen molar-refractivity contribution in [2.75, 3.05) is 6.61 Å². The van der Waals surface area contributed by atoms with Gasteiger partial charge in [-0.15, -0.1) is 0 Å². The van der Waals surface area contributed by atoms with Gasteiger partial charge >= 0.3 is 12.0 Å². The van der Waals surface area contributed by atoms with Crippen LogP contribution in [0.3, 0.4) is 0 Å². The van der Waals surface area contributed by atoms with E-state index in [2.05, 4.69) is 10.6 Å². The summed E-state index contributed by atoms with van der Waals surface area (Å²) >= 11 is 18.3. The van der Waals surface area contributed by atoms with Crippen LogP contribution in [-0.4, -0.2) is 18.6 Å². The minimum absolute atomic E-state index is 0.207. The van der Waals surface area contributed by atoms with Crippen LogP contribution in [0.2, 0.25) is 15.1 Å². The van der Waals surface area contributed by atoms with E-state index >= 15 is 0 Å². The molecular weight excluding hydrogens is 415 g/mol. The number of hydrogen-bond donors (Lipinski definition) is 2. The Labute approximate surface area is 170 Å². The molecule has 1 aromatic heterocycles. The molecule has 0 bridgehead atoms. The molecule has 1 aromatic carbocycles. The molecule has 142 valence electrons. The van der Waals surface area contributed by atoms with E-state index in [1.807, 2.05) is 0 Å². The van der Waals surface area contributed by atoms with Crippen molar-refractivity contribution in [2.45, 2.75) is 19.9 Å². The second-order valence-corrected chi connectivity index (χ2v) is 6.96. The van der Waals surface area contributed by atoms with Gasteiger partial charge < -0.3 is 19.8 Å². The van der Waals surface area contributed by atoms with E-state index in [1.54, 1.807) is 32.0 Å². The van der Waals surface area contributed by atoms with Crippen LogP contribution >= 0.6 is 34.8 Å². The highest BCUT2D eigenvalue weighted by molar-refractivity contribution is 6.44. The molecule has 1 aliphatic heterocycles. The maximum absolute atomic E-state index is 12.3. The van der Waals surface area contributed by atoms with Gasteiger partial charge in [0, 0.05) is 11.3 Å². The van der Waals surface area contributed by atoms with E-state index in [0.717, 1.165) is 0 Å². The third kappa shape index (κ3) is 3.93. The van der Waals surface area contributed by atoms with Crippen LogP contribution in [0.15, 0.2) is 40.0 Å². The summed E-state index contributed by atoms with van der Waals surface area (Å²) in [6.45, 7) is 3.53. The van der Waals surface area contributed by atoms with Crippen molar-refractivity contribution in [3.63, 3.8) is 0 Å². The molecule has 2 heterocycles. The fourth-order valence-electron chi connectivity index (χ4n) is 2.75. The van der Waals surface area contributed by atoms with Gasteiger partial charge in [0.1, 0.15) is 17.6 Å². The lowest BCUT2D eigenvalue weighted by atomic mass is 10.0. The summed E-state index contributed by atoms with van der Waals surface area (Å²) in [5.41, 5.74) is 1.20. The Morgan fingerprint density at radius 3 is 2.59 bits per heavy atom. The molecule has 9 heteroatoms. The smallest absolute Gasteiger partial charge is 0.338 e. The molecule has 0 unspecified atom stereocenters. The second kappa shape index (κ2) is 7.84. The number of carbonyl (C=O) groups is 2. The fraction of sp³-hybridized carbons (Fsp3) is 0.222. The van der Waals surface area contributed by atoms with Gasteiger partial charge in [-0.3, -0.25) is 0 Å². The van der Waals surface area contributed by atoms with Crippen molar-refractivity contribution in [3.05, 3.63) is 56.4 Å². The molecule has 2 aromatic rings. The van der Waals surface area contributed by atoms with Gasteiger partial charge in [-0.2, -0.15) is 0 Å². The molecule has 6 nitrogen and oxygen atoms in total. The number of amides is 2. The lowest BCUT2D eigenvalue weighted by Crippen LogP contribution is -2.45. The van der Waals surface area contributed by atoms with Crippen molar-refractivity contribution in [1.29, 1.82) is 0 Å². The molecule has 1 aliphatic rings. The summed E-state index contributed by atoms with van der Waals surface area (Å²) in [7, 11) is 0. The average Bonchev–Trinajstić information content (AvgIpc) is 3.07. The number of carbonyl (C=O) groups excluding carboxylic acids is 2. The Hall–Kier alpha value is -2.15. The summed E-state index contributed by atoms with van der Waals surface area (Å²) in [6, 6.07) is 5.18. The predicted octanol–water partition coefficient (Wildman–Crippen LogP) is 5.10. The van der Waals surface area contributed by atoms with E-state index in [1.165, 1.54) is 6.07 Å². The number of esters is 1. The molecule has 0 aliphatic carbocycles. The number of benzene rings is 1. The quantitative estimate of drug-likeness (QED) is 0.523. The zero-order valence-electron chi connectivity index (χ0n) is 14.4. The van der Waals surface area contributed by atoms with Crippen LogP contribution in [0.25, 0.3) is 11.3 Å². The number of halogens is 3. The lowest BCUT2D eigenvalue weighted by Gasteiger charge is -2.26. The number of nitrogens with one attached hydrogen (secondary N) is 2. The highest BCUT2D eigenvalue weighted by Crippen LogP contribution is 2.38. The van der Waals surface area contributed by atoms with E-state index < -0.39 is 18.0 Å². The summed E-state index contributed by atoms with van der Waals surface area (Å²) in [5.74, 6) is 0.227. The third-order valence-electron chi connectivity index (χ3n) is 3.95. The topological polar surface area (TPSA) is 80.6 Å². The molecule has 0 saturated carbocycles. The van der Waals surface area contributed by atoms with Gasteiger partial charge in [0.2, 0.25) is 0 Å².